The lowest BCUT2D eigenvalue weighted by molar-refractivity contribution is -0.129. The maximum absolute atomic E-state index is 11.8. The number of carbonyl (C=O) groups is 2. The Hall–Kier alpha value is -1.59. The maximum Gasteiger partial charge on any atom is 0.253 e. The summed E-state index contributed by atoms with van der Waals surface area (Å²) in [5, 5.41) is 12.2. The summed E-state index contributed by atoms with van der Waals surface area (Å²) in [6.45, 7) is 0.777. The second-order valence-electron chi connectivity index (χ2n) is 4.44. The quantitative estimate of drug-likeness (QED) is 0.856. The number of aliphatic hydroxyl groups is 1. The molecule has 2 amide bonds. The van der Waals surface area contributed by atoms with Crippen LogP contribution < -0.4 is 5.32 Å². The van der Waals surface area contributed by atoms with Gasteiger partial charge in [0.15, 0.2) is 0 Å². The number of hydrogen-bond acceptors (Lipinski definition) is 3. The summed E-state index contributed by atoms with van der Waals surface area (Å²) in [7, 11) is 0. The van der Waals surface area contributed by atoms with Gasteiger partial charge in [-0.1, -0.05) is 23.7 Å². The topological polar surface area (TPSA) is 69.6 Å². The zero-order valence-corrected chi connectivity index (χ0v) is 11.1. The number of nitrogens with one attached hydrogen (secondary N) is 1. The van der Waals surface area contributed by atoms with Gasteiger partial charge in [-0.25, -0.2) is 0 Å². The Bertz CT molecular complexity index is 493. The van der Waals surface area contributed by atoms with Gasteiger partial charge < -0.3 is 15.3 Å². The molecule has 1 aromatic carbocycles. The van der Waals surface area contributed by atoms with Crippen LogP contribution >= 0.6 is 11.6 Å². The van der Waals surface area contributed by atoms with Gasteiger partial charge in [0.1, 0.15) is 0 Å². The van der Waals surface area contributed by atoms with Gasteiger partial charge >= 0.3 is 0 Å². The molecule has 1 fully saturated rings. The molecule has 1 saturated heterocycles. The Kier molecular flexibility index (Phi) is 4.39. The van der Waals surface area contributed by atoms with Crippen LogP contribution in [0.1, 0.15) is 16.8 Å². The van der Waals surface area contributed by atoms with Crippen LogP contribution in [0.5, 0.6) is 0 Å². The van der Waals surface area contributed by atoms with Gasteiger partial charge in [0.2, 0.25) is 5.91 Å². The number of rotatable bonds is 3. The van der Waals surface area contributed by atoms with Crippen molar-refractivity contribution >= 4 is 23.4 Å². The van der Waals surface area contributed by atoms with E-state index in [1.807, 2.05) is 0 Å². The van der Waals surface area contributed by atoms with Crippen molar-refractivity contribution in [3.8, 4) is 0 Å². The Morgan fingerprint density at radius 1 is 1.42 bits per heavy atom. The first-order valence-corrected chi connectivity index (χ1v) is 6.44. The van der Waals surface area contributed by atoms with Crippen molar-refractivity contribution in [1.82, 2.24) is 10.2 Å². The molecule has 1 aliphatic heterocycles. The van der Waals surface area contributed by atoms with E-state index in [-0.39, 0.29) is 18.4 Å². The number of nitrogens with zero attached hydrogens (tertiary/aromatic N) is 1. The molecule has 6 heteroatoms. The van der Waals surface area contributed by atoms with Gasteiger partial charge in [-0.05, 0) is 18.6 Å². The molecule has 0 radical (unpaired) electrons. The van der Waals surface area contributed by atoms with Gasteiger partial charge in [-0.3, -0.25) is 9.59 Å². The summed E-state index contributed by atoms with van der Waals surface area (Å²) < 4.78 is 0. The first-order chi connectivity index (χ1) is 9.08. The molecule has 1 aromatic rings. The smallest absolute Gasteiger partial charge is 0.253 e. The fourth-order valence-corrected chi connectivity index (χ4v) is 2.20. The third kappa shape index (κ3) is 3.45. The number of benzene rings is 1. The summed E-state index contributed by atoms with van der Waals surface area (Å²) in [5.41, 5.74) is 0.346. The largest absolute Gasteiger partial charge is 0.391 e. The molecule has 0 saturated carbocycles. The van der Waals surface area contributed by atoms with E-state index in [2.05, 4.69) is 5.32 Å². The number of halogens is 1. The fourth-order valence-electron chi connectivity index (χ4n) is 1.98. The molecule has 1 unspecified atom stereocenters. The van der Waals surface area contributed by atoms with E-state index >= 15 is 0 Å². The molecule has 0 bridgehead atoms. The summed E-state index contributed by atoms with van der Waals surface area (Å²) in [4.78, 5) is 25.2. The van der Waals surface area contributed by atoms with Crippen molar-refractivity contribution in [3.63, 3.8) is 0 Å². The molecule has 1 heterocycles. The summed E-state index contributed by atoms with van der Waals surface area (Å²) in [6, 6.07) is 6.66. The number of aliphatic hydroxyl groups excluding tert-OH is 1. The third-order valence-electron chi connectivity index (χ3n) is 3.03. The van der Waals surface area contributed by atoms with Crippen molar-refractivity contribution in [2.24, 2.45) is 0 Å². The fraction of sp³-hybridized carbons (Fsp3) is 0.385. The molecule has 5 nitrogen and oxygen atoms in total. The standard InChI is InChI=1S/C13H15ClN2O3/c14-11-4-2-1-3-10(11)13(19)15-7-12(18)16-6-5-9(17)8-16/h1-4,9,17H,5-8H2,(H,15,19). The van der Waals surface area contributed by atoms with Crippen molar-refractivity contribution in [3.05, 3.63) is 34.9 Å². The average Bonchev–Trinajstić information content (AvgIpc) is 2.83. The Balaban J connectivity index is 1.87. The van der Waals surface area contributed by atoms with Crippen LogP contribution in [0, 0.1) is 0 Å². The van der Waals surface area contributed by atoms with E-state index in [9.17, 15) is 14.7 Å². The number of likely N-dealkylation sites (tertiary alicyclic amines) is 1. The predicted molar refractivity (Wildman–Crippen MR) is 71.0 cm³/mol. The van der Waals surface area contributed by atoms with Crippen LogP contribution in [0.2, 0.25) is 5.02 Å². The van der Waals surface area contributed by atoms with Crippen molar-refractivity contribution in [2.45, 2.75) is 12.5 Å². The lowest BCUT2D eigenvalue weighted by Gasteiger charge is -2.15. The Morgan fingerprint density at radius 2 is 2.16 bits per heavy atom. The summed E-state index contributed by atoms with van der Waals surface area (Å²) in [5.74, 6) is -0.573. The molecule has 0 aliphatic carbocycles. The second-order valence-corrected chi connectivity index (χ2v) is 4.85. The maximum atomic E-state index is 11.8. The summed E-state index contributed by atoms with van der Waals surface area (Å²) in [6.07, 6.45) is 0.132. The van der Waals surface area contributed by atoms with E-state index in [1.54, 1.807) is 24.3 Å². The van der Waals surface area contributed by atoms with Gasteiger partial charge in [0.25, 0.3) is 5.91 Å². The molecular formula is C13H15ClN2O3. The highest BCUT2D eigenvalue weighted by atomic mass is 35.5. The number of carbonyl (C=O) groups excluding carboxylic acids is 2. The van der Waals surface area contributed by atoms with Crippen LogP contribution in [0.15, 0.2) is 24.3 Å². The molecular weight excluding hydrogens is 268 g/mol. The van der Waals surface area contributed by atoms with E-state index in [0.717, 1.165) is 0 Å². The van der Waals surface area contributed by atoms with E-state index in [0.29, 0.717) is 30.1 Å². The van der Waals surface area contributed by atoms with Crippen LogP contribution in [0.4, 0.5) is 0 Å². The third-order valence-corrected chi connectivity index (χ3v) is 3.36. The molecule has 1 atom stereocenters. The number of β-amino-alcohol motifs (C(OH)–C–C–N with tert-alkyl or cyclic N) is 1. The predicted octanol–water partition coefficient (Wildman–Crippen LogP) is 0.663. The van der Waals surface area contributed by atoms with Crippen LogP contribution in [0.25, 0.3) is 0 Å². The van der Waals surface area contributed by atoms with Gasteiger partial charge in [-0.15, -0.1) is 0 Å². The minimum atomic E-state index is -0.455. The highest BCUT2D eigenvalue weighted by Crippen LogP contribution is 2.14. The van der Waals surface area contributed by atoms with Crippen molar-refractivity contribution in [2.75, 3.05) is 19.6 Å². The van der Waals surface area contributed by atoms with Crippen LogP contribution in [-0.4, -0.2) is 47.6 Å². The van der Waals surface area contributed by atoms with Crippen molar-refractivity contribution < 1.29 is 14.7 Å². The molecule has 2 rings (SSSR count). The zero-order valence-electron chi connectivity index (χ0n) is 10.3. The molecule has 102 valence electrons. The van der Waals surface area contributed by atoms with Crippen molar-refractivity contribution in [1.29, 1.82) is 0 Å². The van der Waals surface area contributed by atoms with E-state index in [1.165, 1.54) is 4.90 Å². The highest BCUT2D eigenvalue weighted by Gasteiger charge is 2.24. The minimum Gasteiger partial charge on any atom is -0.391 e. The zero-order chi connectivity index (χ0) is 13.8. The number of amides is 2. The van der Waals surface area contributed by atoms with Crippen LogP contribution in [0.3, 0.4) is 0 Å². The second kappa shape index (κ2) is 6.04. The van der Waals surface area contributed by atoms with E-state index < -0.39 is 6.10 Å². The Labute approximate surface area is 116 Å². The first kappa shape index (κ1) is 13.8. The SMILES string of the molecule is O=C(NCC(=O)N1CCC(O)C1)c1ccccc1Cl. The first-order valence-electron chi connectivity index (χ1n) is 6.06. The lowest BCUT2D eigenvalue weighted by Crippen LogP contribution is -2.39. The normalized spacial score (nSPS) is 18.4. The van der Waals surface area contributed by atoms with Gasteiger partial charge in [0.05, 0.1) is 23.2 Å². The lowest BCUT2D eigenvalue weighted by atomic mass is 10.2. The molecule has 0 spiro atoms. The Morgan fingerprint density at radius 3 is 2.79 bits per heavy atom. The molecule has 1 aliphatic rings. The number of hydrogen-bond donors (Lipinski definition) is 2. The van der Waals surface area contributed by atoms with E-state index in [4.69, 9.17) is 11.6 Å². The monoisotopic (exact) mass is 282 g/mol. The molecule has 2 N–H and O–H groups in total. The van der Waals surface area contributed by atoms with Gasteiger partial charge in [0, 0.05) is 13.1 Å². The average molecular weight is 283 g/mol. The van der Waals surface area contributed by atoms with Gasteiger partial charge in [-0.2, -0.15) is 0 Å². The molecule has 0 aromatic heterocycles. The van der Waals surface area contributed by atoms with Crippen LogP contribution in [-0.2, 0) is 4.79 Å². The minimum absolute atomic E-state index is 0.0865. The highest BCUT2D eigenvalue weighted by molar-refractivity contribution is 6.33. The molecule has 19 heavy (non-hydrogen) atoms. The summed E-state index contributed by atoms with van der Waals surface area (Å²) >= 11 is 5.89.